The van der Waals surface area contributed by atoms with E-state index in [0.29, 0.717) is 27.5 Å². The summed E-state index contributed by atoms with van der Waals surface area (Å²) in [5.41, 5.74) is 1.21. The number of nitrogens with one attached hydrogen (secondary N) is 1. The quantitative estimate of drug-likeness (QED) is 0.617. The molecule has 2 rings (SSSR count). The highest BCUT2D eigenvalue weighted by molar-refractivity contribution is 8.00. The SMILES string of the molecule is CC(=O)c1c(C)[nH]c(C(=O)C(C)Sc2ccc(C(F)(F)F)cn2)c1C. The molecule has 0 spiro atoms. The van der Waals surface area contributed by atoms with Crippen molar-refractivity contribution in [3.63, 3.8) is 0 Å². The molecule has 1 N–H and O–H groups in total. The van der Waals surface area contributed by atoms with Crippen LogP contribution in [0, 0.1) is 13.8 Å². The second-order valence-electron chi connectivity index (χ2n) is 5.69. The normalized spacial score (nSPS) is 12.9. The summed E-state index contributed by atoms with van der Waals surface area (Å²) in [6.07, 6.45) is -3.70. The van der Waals surface area contributed by atoms with E-state index in [1.807, 2.05) is 0 Å². The van der Waals surface area contributed by atoms with Gasteiger partial charge in [0.05, 0.1) is 21.5 Å². The predicted octanol–water partition coefficient (Wildman–Crippen LogP) is 4.61. The number of hydrogen-bond donors (Lipinski definition) is 1. The standard InChI is InChI=1S/C17H17F3N2O2S/c1-8-14(10(3)23)9(2)22-15(8)16(24)11(4)25-13-6-5-12(7-21-13)17(18,19)20/h5-7,11,22H,1-4H3. The predicted molar refractivity (Wildman–Crippen MR) is 89.2 cm³/mol. The number of aryl methyl sites for hydroxylation is 1. The minimum atomic E-state index is -4.44. The van der Waals surface area contributed by atoms with Crippen LogP contribution in [-0.4, -0.2) is 26.8 Å². The number of ketones is 2. The lowest BCUT2D eigenvalue weighted by Gasteiger charge is -2.11. The second-order valence-corrected chi connectivity index (χ2v) is 7.05. The molecule has 1 atom stereocenters. The number of nitrogens with zero attached hydrogens (tertiary/aromatic N) is 1. The molecule has 0 amide bonds. The van der Waals surface area contributed by atoms with E-state index in [9.17, 15) is 22.8 Å². The number of halogens is 3. The van der Waals surface area contributed by atoms with Crippen molar-refractivity contribution in [3.8, 4) is 0 Å². The fourth-order valence-corrected chi connectivity index (χ4v) is 3.43. The zero-order valence-electron chi connectivity index (χ0n) is 14.1. The van der Waals surface area contributed by atoms with Crippen LogP contribution in [0.15, 0.2) is 23.4 Å². The third-order valence-electron chi connectivity index (χ3n) is 3.77. The van der Waals surface area contributed by atoms with E-state index >= 15 is 0 Å². The molecule has 2 aromatic rings. The molecule has 0 bridgehead atoms. The van der Waals surface area contributed by atoms with Crippen molar-refractivity contribution >= 4 is 23.3 Å². The Labute approximate surface area is 147 Å². The Morgan fingerprint density at radius 3 is 2.32 bits per heavy atom. The molecule has 0 aromatic carbocycles. The Morgan fingerprint density at radius 1 is 1.24 bits per heavy atom. The third-order valence-corrected chi connectivity index (χ3v) is 4.82. The van der Waals surface area contributed by atoms with Crippen LogP contribution in [0.2, 0.25) is 0 Å². The summed E-state index contributed by atoms with van der Waals surface area (Å²) < 4.78 is 37.6. The first-order chi connectivity index (χ1) is 11.5. The average Bonchev–Trinajstić information content (AvgIpc) is 2.80. The first kappa shape index (κ1) is 19.2. The van der Waals surface area contributed by atoms with Crippen molar-refractivity contribution in [1.82, 2.24) is 9.97 Å². The number of carbonyl (C=O) groups excluding carboxylic acids is 2. The molecule has 2 aromatic heterocycles. The summed E-state index contributed by atoms with van der Waals surface area (Å²) in [6.45, 7) is 6.49. The van der Waals surface area contributed by atoms with E-state index in [4.69, 9.17) is 0 Å². The van der Waals surface area contributed by atoms with E-state index in [1.54, 1.807) is 20.8 Å². The van der Waals surface area contributed by atoms with Crippen LogP contribution in [0.5, 0.6) is 0 Å². The number of carbonyl (C=O) groups is 2. The molecule has 0 aliphatic heterocycles. The van der Waals surface area contributed by atoms with Crippen LogP contribution in [0.4, 0.5) is 13.2 Å². The summed E-state index contributed by atoms with van der Waals surface area (Å²) in [5.74, 6) is -0.366. The van der Waals surface area contributed by atoms with E-state index in [2.05, 4.69) is 9.97 Å². The summed E-state index contributed by atoms with van der Waals surface area (Å²) >= 11 is 1.07. The molecule has 2 heterocycles. The molecule has 1 unspecified atom stereocenters. The van der Waals surface area contributed by atoms with Crippen molar-refractivity contribution in [2.75, 3.05) is 0 Å². The molecular formula is C17H17F3N2O2S. The van der Waals surface area contributed by atoms with Crippen LogP contribution in [0.3, 0.4) is 0 Å². The molecule has 0 fully saturated rings. The van der Waals surface area contributed by atoms with Gasteiger partial charge < -0.3 is 4.98 Å². The minimum Gasteiger partial charge on any atom is -0.355 e. The first-order valence-corrected chi connectivity index (χ1v) is 8.34. The third kappa shape index (κ3) is 4.12. The lowest BCUT2D eigenvalue weighted by Crippen LogP contribution is -2.15. The van der Waals surface area contributed by atoms with Gasteiger partial charge in [0.1, 0.15) is 0 Å². The van der Waals surface area contributed by atoms with Gasteiger partial charge in [-0.3, -0.25) is 9.59 Å². The molecule has 8 heteroatoms. The number of alkyl halides is 3. The van der Waals surface area contributed by atoms with Gasteiger partial charge in [0.15, 0.2) is 11.6 Å². The molecular weight excluding hydrogens is 353 g/mol. The Hall–Kier alpha value is -2.09. The summed E-state index contributed by atoms with van der Waals surface area (Å²) in [7, 11) is 0. The summed E-state index contributed by atoms with van der Waals surface area (Å²) in [5, 5.41) is -0.248. The van der Waals surface area contributed by atoms with Crippen LogP contribution >= 0.6 is 11.8 Å². The zero-order valence-corrected chi connectivity index (χ0v) is 14.9. The highest BCUT2D eigenvalue weighted by Crippen LogP contribution is 2.31. The van der Waals surface area contributed by atoms with Gasteiger partial charge in [0.25, 0.3) is 0 Å². The number of pyridine rings is 1. The molecule has 0 aliphatic carbocycles. The largest absolute Gasteiger partial charge is 0.417 e. The van der Waals surface area contributed by atoms with Crippen molar-refractivity contribution in [2.45, 2.75) is 44.1 Å². The number of aromatic nitrogens is 2. The van der Waals surface area contributed by atoms with Crippen LogP contribution in [0.25, 0.3) is 0 Å². The Bertz CT molecular complexity index is 811. The van der Waals surface area contributed by atoms with Gasteiger partial charge in [-0.05, 0) is 45.4 Å². The van der Waals surface area contributed by atoms with Crippen molar-refractivity contribution in [3.05, 3.63) is 46.4 Å². The van der Waals surface area contributed by atoms with Gasteiger partial charge in [-0.15, -0.1) is 0 Å². The van der Waals surface area contributed by atoms with Gasteiger partial charge in [-0.1, -0.05) is 11.8 Å². The molecule has 25 heavy (non-hydrogen) atoms. The average molecular weight is 370 g/mol. The smallest absolute Gasteiger partial charge is 0.355 e. The van der Waals surface area contributed by atoms with Crippen LogP contribution < -0.4 is 0 Å². The number of H-pyrrole nitrogens is 1. The van der Waals surface area contributed by atoms with Crippen molar-refractivity contribution in [2.24, 2.45) is 0 Å². The zero-order chi connectivity index (χ0) is 18.9. The Kier molecular flexibility index (Phi) is 5.41. The molecule has 0 saturated carbocycles. The van der Waals surface area contributed by atoms with Crippen LogP contribution in [-0.2, 0) is 6.18 Å². The fourth-order valence-electron chi connectivity index (χ4n) is 2.58. The van der Waals surface area contributed by atoms with Gasteiger partial charge in [0, 0.05) is 17.5 Å². The number of Topliss-reactive ketones (excluding diaryl/α,β-unsaturated/α-hetero) is 2. The maximum Gasteiger partial charge on any atom is 0.417 e. The maximum atomic E-state index is 12.6. The van der Waals surface area contributed by atoms with Gasteiger partial charge in [-0.25, -0.2) is 4.98 Å². The first-order valence-electron chi connectivity index (χ1n) is 7.46. The molecule has 0 radical (unpaired) electrons. The van der Waals surface area contributed by atoms with Gasteiger partial charge in [0.2, 0.25) is 0 Å². The number of hydrogen-bond acceptors (Lipinski definition) is 4. The highest BCUT2D eigenvalue weighted by Gasteiger charge is 2.31. The topological polar surface area (TPSA) is 62.8 Å². The molecule has 0 saturated heterocycles. The lowest BCUT2D eigenvalue weighted by atomic mass is 10.0. The molecule has 0 aliphatic rings. The number of rotatable bonds is 5. The summed E-state index contributed by atoms with van der Waals surface area (Å²) in [4.78, 5) is 31.0. The minimum absolute atomic E-state index is 0.130. The summed E-state index contributed by atoms with van der Waals surface area (Å²) in [6, 6.07) is 2.18. The van der Waals surface area contributed by atoms with E-state index in [-0.39, 0.29) is 11.6 Å². The highest BCUT2D eigenvalue weighted by atomic mass is 32.2. The molecule has 4 nitrogen and oxygen atoms in total. The van der Waals surface area contributed by atoms with E-state index in [0.717, 1.165) is 24.0 Å². The maximum absolute atomic E-state index is 12.6. The van der Waals surface area contributed by atoms with E-state index in [1.165, 1.54) is 13.0 Å². The Balaban J connectivity index is 2.19. The molecule has 134 valence electrons. The van der Waals surface area contributed by atoms with E-state index < -0.39 is 17.0 Å². The fraction of sp³-hybridized carbons (Fsp3) is 0.353. The Morgan fingerprint density at radius 2 is 1.88 bits per heavy atom. The number of thioether (sulfide) groups is 1. The number of aromatic amines is 1. The van der Waals surface area contributed by atoms with Gasteiger partial charge >= 0.3 is 6.18 Å². The lowest BCUT2D eigenvalue weighted by molar-refractivity contribution is -0.137. The van der Waals surface area contributed by atoms with Crippen molar-refractivity contribution in [1.29, 1.82) is 0 Å². The van der Waals surface area contributed by atoms with Crippen LogP contribution in [0.1, 0.15) is 51.5 Å². The van der Waals surface area contributed by atoms with Gasteiger partial charge in [-0.2, -0.15) is 13.2 Å². The monoisotopic (exact) mass is 370 g/mol. The second kappa shape index (κ2) is 7.03. The van der Waals surface area contributed by atoms with Crippen molar-refractivity contribution < 1.29 is 22.8 Å².